The maximum atomic E-state index is 7.06. The van der Waals surface area contributed by atoms with Gasteiger partial charge in [0.25, 0.3) is 0 Å². The van der Waals surface area contributed by atoms with Gasteiger partial charge >= 0.3 is 0 Å². The summed E-state index contributed by atoms with van der Waals surface area (Å²) >= 11 is 0. The van der Waals surface area contributed by atoms with Crippen LogP contribution in [0.5, 0.6) is 0 Å². The van der Waals surface area contributed by atoms with Crippen LogP contribution < -0.4 is 34.3 Å². The molecule has 0 radical (unpaired) electrons. The Morgan fingerprint density at radius 3 is 0.862 bits per heavy atom. The van der Waals surface area contributed by atoms with Crippen molar-refractivity contribution in [1.82, 2.24) is 70.2 Å². The molecular weight excluding hydrogens is 1540 g/mol. The van der Waals surface area contributed by atoms with Gasteiger partial charge in [-0.25, -0.2) is 0 Å². The van der Waals surface area contributed by atoms with Gasteiger partial charge in [0, 0.05) is 145 Å². The zero-order valence-corrected chi connectivity index (χ0v) is 85.1. The average Bonchev–Trinajstić information content (AvgIpc) is 0.727. The molecule has 3 aromatic heterocycles. The van der Waals surface area contributed by atoms with E-state index in [0.29, 0.717) is 76.0 Å². The minimum absolute atomic E-state index is 0.00639. The molecule has 5 aliphatic heterocycles. The number of aromatic nitrogens is 9. The highest BCUT2D eigenvalue weighted by atomic mass is 16.7. The highest BCUT2D eigenvalue weighted by molar-refractivity contribution is 5.51. The summed E-state index contributed by atoms with van der Waals surface area (Å²) in [5.74, 6) is 5.98. The van der Waals surface area contributed by atoms with Crippen molar-refractivity contribution < 1.29 is 24.2 Å². The third-order valence-corrected chi connectivity index (χ3v) is 26.8. The van der Waals surface area contributed by atoms with Gasteiger partial charge in [-0.15, -0.1) is 0 Å². The van der Waals surface area contributed by atoms with Gasteiger partial charge in [-0.1, -0.05) is 115 Å². The van der Waals surface area contributed by atoms with Crippen molar-refractivity contribution in [1.29, 1.82) is 0 Å². The molecule has 0 aromatic carbocycles. The number of unbranched alkanes of at least 4 members (excludes halogenated alkanes) is 5. The second-order valence-electron chi connectivity index (χ2n) is 44.3. The normalized spacial score (nSPS) is 21.7. The first-order valence-corrected chi connectivity index (χ1v) is 49.3. The van der Waals surface area contributed by atoms with E-state index in [1.54, 1.807) is 0 Å². The van der Waals surface area contributed by atoms with E-state index in [1.165, 1.54) is 0 Å². The van der Waals surface area contributed by atoms with E-state index >= 15 is 0 Å². The van der Waals surface area contributed by atoms with Gasteiger partial charge in [0.15, 0.2) is 0 Å². The van der Waals surface area contributed by atoms with Crippen LogP contribution in [-0.2, 0) is 24.2 Å². The molecule has 8 rings (SSSR count). The van der Waals surface area contributed by atoms with Crippen LogP contribution in [-0.4, -0.2) is 243 Å². The molecule has 0 amide bonds. The van der Waals surface area contributed by atoms with E-state index in [4.69, 9.17) is 69.0 Å². The number of hydrogen-bond donors (Lipinski definition) is 0. The maximum Gasteiger partial charge on any atom is 0.232 e. The SMILES string of the molecule is CCCCN(C)c1nc(C(C)C)nc(N(CN(c2nc(C(CN(c3nc(N(CCCC)CCCC)nc(N(CCCC)CCCC)n3)C3CC(C)(C)N(OCCC)C(C)(C)C3)C3CC(C)(C)N(OCCC)C(C)(C)C3)nc(N(C)C3CC(C)(C)N(OCCC)C(C)(C)C3)n2)C2CC(C)(C)N(OCCC)C(C)(C)C2)C2CC(C)(C)N(OCCC)C(C)(C)C2)n1. The quantitative estimate of drug-likeness (QED) is 0.0483. The zero-order valence-electron chi connectivity index (χ0n) is 85.1. The van der Waals surface area contributed by atoms with Crippen molar-refractivity contribution >= 4 is 41.6 Å². The second kappa shape index (κ2) is 43.8. The van der Waals surface area contributed by atoms with Crippen LogP contribution in [0.1, 0.15) is 406 Å². The molecule has 0 N–H and O–H groups in total. The fourth-order valence-electron chi connectivity index (χ4n) is 22.1. The largest absolute Gasteiger partial charge is 0.344 e. The number of piperidine rings is 5. The minimum Gasteiger partial charge on any atom is -0.344 e. The van der Waals surface area contributed by atoms with Crippen LogP contribution in [0.15, 0.2) is 0 Å². The molecule has 5 fully saturated rings. The highest BCUT2D eigenvalue weighted by Gasteiger charge is 2.56. The fraction of sp³-hybridized carbons (Fsp3) is 0.907. The van der Waals surface area contributed by atoms with Crippen LogP contribution in [0.4, 0.5) is 41.6 Å². The van der Waals surface area contributed by atoms with Crippen molar-refractivity contribution in [2.75, 3.05) is 127 Å². The van der Waals surface area contributed by atoms with Gasteiger partial charge in [0.05, 0.1) is 39.7 Å². The van der Waals surface area contributed by atoms with Gasteiger partial charge in [-0.3, -0.25) is 24.2 Å². The Bertz CT molecular complexity index is 3540. The molecule has 123 heavy (non-hydrogen) atoms. The van der Waals surface area contributed by atoms with Crippen molar-refractivity contribution in [3.05, 3.63) is 11.6 Å². The second-order valence-corrected chi connectivity index (χ2v) is 44.3. The molecule has 0 bridgehead atoms. The molecule has 3 aromatic rings. The smallest absolute Gasteiger partial charge is 0.232 e. The van der Waals surface area contributed by atoms with Crippen molar-refractivity contribution in [3.8, 4) is 0 Å². The Hall–Kier alpha value is -4.77. The van der Waals surface area contributed by atoms with Gasteiger partial charge in [-0.2, -0.15) is 70.2 Å². The summed E-state index contributed by atoms with van der Waals surface area (Å²) in [6.45, 7) is 82.8. The van der Waals surface area contributed by atoms with Crippen molar-refractivity contribution in [3.63, 3.8) is 0 Å². The number of hydroxylamine groups is 10. The van der Waals surface area contributed by atoms with E-state index in [-0.39, 0.29) is 53.0 Å². The lowest BCUT2D eigenvalue weighted by Gasteiger charge is -2.57. The molecule has 706 valence electrons. The standard InChI is InChI=1S/C97H183N21O5/c1-35-45-50-107(33)81-98-79(72(11)12)99-85(102-81)112(76-66-94(25,26)117(122-58-43-9)95(27,28)67-76)71-113(77-68-96(29,30)118(123-59-44-10)97(31,32)69-77)86-101-80(100-82(103-86)108(34)74-62-90(17,18)115(120-56-41-7)91(19,20)63-74)78(73-60-88(13,14)114(119-55-40-6)89(15,16)61-73)70-111(75-64-92(21,22)116(121-57-42-8)93(23,24)65-75)87-105-83(109(51-46-36-2)52-47-37-3)104-84(106-87)110(53-48-38-4)54-49-39-5/h72-78H,35-71H2,1-34H3. The highest BCUT2D eigenvalue weighted by Crippen LogP contribution is 2.52. The average molecular weight is 1720 g/mol. The minimum atomic E-state index is -0.468. The van der Waals surface area contributed by atoms with E-state index < -0.39 is 44.3 Å². The Labute approximate surface area is 750 Å². The molecule has 0 saturated carbocycles. The molecule has 8 heterocycles. The summed E-state index contributed by atoms with van der Waals surface area (Å²) in [5, 5.41) is 11.6. The molecule has 1 atom stereocenters. The topological polar surface area (TPSA) is 201 Å². The van der Waals surface area contributed by atoms with Crippen LogP contribution in [0.3, 0.4) is 0 Å². The van der Waals surface area contributed by atoms with Gasteiger partial charge in [0.1, 0.15) is 11.6 Å². The van der Waals surface area contributed by atoms with Gasteiger partial charge in [-0.05, 0) is 273 Å². The number of anilines is 7. The fourth-order valence-corrected chi connectivity index (χ4v) is 22.1. The van der Waals surface area contributed by atoms with E-state index in [2.05, 4.69) is 295 Å². The number of nitrogens with zero attached hydrogens (tertiary/aromatic N) is 21. The molecule has 5 saturated heterocycles. The Kier molecular flexibility index (Phi) is 36.9. The predicted molar refractivity (Wildman–Crippen MR) is 510 cm³/mol. The first-order chi connectivity index (χ1) is 57.6. The van der Waals surface area contributed by atoms with Crippen LogP contribution in [0, 0.1) is 5.92 Å². The zero-order chi connectivity index (χ0) is 91.2. The lowest BCUT2D eigenvalue weighted by molar-refractivity contribution is -0.289. The maximum absolute atomic E-state index is 7.06. The number of rotatable bonds is 48. The van der Waals surface area contributed by atoms with E-state index in [9.17, 15) is 0 Å². The Balaban J connectivity index is 1.58. The molecule has 26 heteroatoms. The number of hydrogen-bond acceptors (Lipinski definition) is 26. The molecule has 0 aliphatic carbocycles. The molecule has 5 aliphatic rings. The van der Waals surface area contributed by atoms with E-state index in [0.717, 1.165) is 217 Å². The summed E-state index contributed by atoms with van der Waals surface area (Å²) < 4.78 is 0. The summed E-state index contributed by atoms with van der Waals surface area (Å²) in [6, 6.07) is -0.377. The Morgan fingerprint density at radius 2 is 0.545 bits per heavy atom. The Morgan fingerprint density at radius 1 is 0.293 bits per heavy atom. The summed E-state index contributed by atoms with van der Waals surface area (Å²) in [4.78, 5) is 106. The molecule has 1 unspecified atom stereocenters. The molecule has 0 spiro atoms. The van der Waals surface area contributed by atoms with Crippen LogP contribution >= 0.6 is 0 Å². The van der Waals surface area contributed by atoms with Crippen molar-refractivity contribution in [2.24, 2.45) is 5.92 Å². The van der Waals surface area contributed by atoms with Gasteiger partial charge < -0.3 is 34.3 Å². The van der Waals surface area contributed by atoms with Crippen LogP contribution in [0.25, 0.3) is 0 Å². The van der Waals surface area contributed by atoms with Gasteiger partial charge in [0.2, 0.25) is 41.6 Å². The lowest BCUT2D eigenvalue weighted by atomic mass is 9.69. The van der Waals surface area contributed by atoms with Crippen molar-refractivity contribution in [2.45, 2.75) is 473 Å². The monoisotopic (exact) mass is 1720 g/mol. The van der Waals surface area contributed by atoms with E-state index in [1.807, 2.05) is 0 Å². The molecule has 26 nitrogen and oxygen atoms in total. The third kappa shape index (κ3) is 25.9. The summed E-state index contributed by atoms with van der Waals surface area (Å²) in [5.41, 5.74) is -4.25. The third-order valence-electron chi connectivity index (χ3n) is 26.8. The first kappa shape index (κ1) is 104. The lowest BCUT2D eigenvalue weighted by Crippen LogP contribution is -2.67. The molecular formula is C97H183N21O5. The summed E-state index contributed by atoms with van der Waals surface area (Å²) in [7, 11) is 4.43. The first-order valence-electron chi connectivity index (χ1n) is 49.3. The predicted octanol–water partition coefficient (Wildman–Crippen LogP) is 20.8. The van der Waals surface area contributed by atoms with Crippen LogP contribution in [0.2, 0.25) is 0 Å². The summed E-state index contributed by atoms with van der Waals surface area (Å²) in [6.07, 6.45) is 22.6.